The van der Waals surface area contributed by atoms with Gasteiger partial charge in [-0.05, 0) is 32.0 Å². The molecule has 20 heavy (non-hydrogen) atoms. The van der Waals surface area contributed by atoms with E-state index in [0.29, 0.717) is 5.02 Å². The van der Waals surface area contributed by atoms with Crippen LogP contribution in [0.15, 0.2) is 36.7 Å². The molecule has 0 atom stereocenters. The molecular formula is C15H14ClN3O. The van der Waals surface area contributed by atoms with Crippen LogP contribution < -0.4 is 0 Å². The molecule has 0 fully saturated rings. The molecule has 0 saturated carbocycles. The summed E-state index contributed by atoms with van der Waals surface area (Å²) in [5.74, 6) is 0.877. The van der Waals surface area contributed by atoms with Crippen LogP contribution in [0.3, 0.4) is 0 Å². The van der Waals surface area contributed by atoms with Crippen LogP contribution in [0.2, 0.25) is 5.02 Å². The lowest BCUT2D eigenvalue weighted by molar-refractivity contribution is 0.473. The highest BCUT2D eigenvalue weighted by atomic mass is 35.5. The maximum absolute atomic E-state index is 9.61. The smallest absolute Gasteiger partial charge is 0.143 e. The molecule has 1 aromatic carbocycles. The third-order valence-electron chi connectivity index (χ3n) is 3.16. The molecule has 0 unspecified atom stereocenters. The number of hydrogen-bond donors (Lipinski definition) is 1. The SMILES string of the molecule is CC(C)n1c(-c2cncc(O)c2)nc2cccc(Cl)c21. The first-order chi connectivity index (χ1) is 9.58. The van der Waals surface area contributed by atoms with Crippen molar-refractivity contribution in [2.45, 2.75) is 19.9 Å². The Hall–Kier alpha value is -2.07. The second kappa shape index (κ2) is 4.80. The largest absolute Gasteiger partial charge is 0.506 e. The molecule has 0 radical (unpaired) electrons. The van der Waals surface area contributed by atoms with E-state index < -0.39 is 0 Å². The maximum atomic E-state index is 9.61. The minimum Gasteiger partial charge on any atom is -0.506 e. The Morgan fingerprint density at radius 1 is 1.25 bits per heavy atom. The molecule has 4 nitrogen and oxygen atoms in total. The summed E-state index contributed by atoms with van der Waals surface area (Å²) in [6.07, 6.45) is 3.09. The molecule has 0 aliphatic heterocycles. The highest BCUT2D eigenvalue weighted by Gasteiger charge is 2.17. The van der Waals surface area contributed by atoms with Gasteiger partial charge in [0.15, 0.2) is 0 Å². The number of aromatic nitrogens is 3. The number of hydrogen-bond acceptors (Lipinski definition) is 3. The van der Waals surface area contributed by atoms with Gasteiger partial charge in [0, 0.05) is 17.8 Å². The van der Waals surface area contributed by atoms with E-state index in [1.54, 1.807) is 12.3 Å². The van der Waals surface area contributed by atoms with E-state index in [9.17, 15) is 5.11 Å². The Kier molecular flexibility index (Phi) is 3.10. The summed E-state index contributed by atoms with van der Waals surface area (Å²) >= 11 is 6.31. The summed E-state index contributed by atoms with van der Waals surface area (Å²) < 4.78 is 2.06. The van der Waals surface area contributed by atoms with E-state index in [1.165, 1.54) is 6.20 Å². The Labute approximate surface area is 121 Å². The molecule has 5 heteroatoms. The van der Waals surface area contributed by atoms with Gasteiger partial charge in [0.25, 0.3) is 0 Å². The fraction of sp³-hybridized carbons (Fsp3) is 0.200. The molecule has 2 heterocycles. The summed E-state index contributed by atoms with van der Waals surface area (Å²) in [5, 5.41) is 10.3. The van der Waals surface area contributed by atoms with Crippen LogP contribution in [-0.4, -0.2) is 19.6 Å². The molecule has 3 rings (SSSR count). The molecule has 0 aliphatic carbocycles. The number of benzene rings is 1. The lowest BCUT2D eigenvalue weighted by Gasteiger charge is -2.13. The zero-order valence-corrected chi connectivity index (χ0v) is 12.0. The second-order valence-electron chi connectivity index (χ2n) is 4.94. The highest BCUT2D eigenvalue weighted by Crippen LogP contribution is 2.32. The van der Waals surface area contributed by atoms with Crippen molar-refractivity contribution in [3.63, 3.8) is 0 Å². The van der Waals surface area contributed by atoms with E-state index >= 15 is 0 Å². The first-order valence-corrected chi connectivity index (χ1v) is 6.76. The van der Waals surface area contributed by atoms with Gasteiger partial charge in [-0.3, -0.25) is 4.98 Å². The van der Waals surface area contributed by atoms with Crippen LogP contribution in [0.25, 0.3) is 22.4 Å². The Morgan fingerprint density at radius 3 is 2.75 bits per heavy atom. The van der Waals surface area contributed by atoms with Gasteiger partial charge < -0.3 is 9.67 Å². The fourth-order valence-electron chi connectivity index (χ4n) is 2.36. The molecule has 102 valence electrons. The number of pyridine rings is 1. The molecule has 0 aliphatic rings. The normalized spacial score (nSPS) is 11.4. The van der Waals surface area contributed by atoms with Crippen molar-refractivity contribution in [3.05, 3.63) is 41.7 Å². The number of fused-ring (bicyclic) bond motifs is 1. The number of nitrogens with zero attached hydrogens (tertiary/aromatic N) is 3. The van der Waals surface area contributed by atoms with E-state index in [2.05, 4.69) is 28.4 Å². The third kappa shape index (κ3) is 2.02. The number of rotatable bonds is 2. The van der Waals surface area contributed by atoms with E-state index in [-0.39, 0.29) is 11.8 Å². The number of para-hydroxylation sites is 1. The Balaban J connectivity index is 2.36. The van der Waals surface area contributed by atoms with Gasteiger partial charge in [-0.2, -0.15) is 0 Å². The molecule has 3 aromatic rings. The molecule has 2 aromatic heterocycles. The van der Waals surface area contributed by atoms with Crippen LogP contribution in [0.5, 0.6) is 5.75 Å². The lowest BCUT2D eigenvalue weighted by atomic mass is 10.2. The molecule has 0 spiro atoms. The lowest BCUT2D eigenvalue weighted by Crippen LogP contribution is -2.03. The molecule has 0 saturated heterocycles. The van der Waals surface area contributed by atoms with Gasteiger partial charge in [0.2, 0.25) is 0 Å². The fourth-order valence-corrected chi connectivity index (χ4v) is 2.62. The second-order valence-corrected chi connectivity index (χ2v) is 5.35. The average Bonchev–Trinajstić information content (AvgIpc) is 2.79. The van der Waals surface area contributed by atoms with Crippen LogP contribution >= 0.6 is 11.6 Å². The highest BCUT2D eigenvalue weighted by molar-refractivity contribution is 6.35. The predicted molar refractivity (Wildman–Crippen MR) is 80.0 cm³/mol. The minimum absolute atomic E-state index is 0.121. The van der Waals surface area contributed by atoms with Crippen molar-refractivity contribution >= 4 is 22.6 Å². The van der Waals surface area contributed by atoms with E-state index in [1.807, 2.05) is 18.2 Å². The van der Waals surface area contributed by atoms with Crippen molar-refractivity contribution < 1.29 is 5.11 Å². The van der Waals surface area contributed by atoms with E-state index in [0.717, 1.165) is 22.4 Å². The molecule has 0 bridgehead atoms. The zero-order valence-electron chi connectivity index (χ0n) is 11.2. The quantitative estimate of drug-likeness (QED) is 0.774. The number of aromatic hydroxyl groups is 1. The molecule has 0 amide bonds. The Morgan fingerprint density at radius 2 is 2.05 bits per heavy atom. The number of halogens is 1. The predicted octanol–water partition coefficient (Wildman–Crippen LogP) is 4.04. The van der Waals surface area contributed by atoms with E-state index in [4.69, 9.17) is 11.6 Å². The van der Waals surface area contributed by atoms with Gasteiger partial charge in [0.1, 0.15) is 11.6 Å². The number of imidazole rings is 1. The minimum atomic E-state index is 0.121. The topological polar surface area (TPSA) is 50.9 Å². The van der Waals surface area contributed by atoms with Gasteiger partial charge >= 0.3 is 0 Å². The van der Waals surface area contributed by atoms with Crippen LogP contribution in [-0.2, 0) is 0 Å². The summed E-state index contributed by atoms with van der Waals surface area (Å²) in [4.78, 5) is 8.65. The Bertz CT molecular complexity index is 780. The van der Waals surface area contributed by atoms with Gasteiger partial charge in [-0.1, -0.05) is 17.7 Å². The monoisotopic (exact) mass is 287 g/mol. The summed E-state index contributed by atoms with van der Waals surface area (Å²) in [6, 6.07) is 7.51. The summed E-state index contributed by atoms with van der Waals surface area (Å²) in [7, 11) is 0. The van der Waals surface area contributed by atoms with Crippen LogP contribution in [0.1, 0.15) is 19.9 Å². The standard InChI is InChI=1S/C15H14ClN3O/c1-9(2)19-14-12(16)4-3-5-13(14)18-15(19)10-6-11(20)8-17-7-10/h3-9,20H,1-2H3. The van der Waals surface area contributed by atoms with Crippen LogP contribution in [0.4, 0.5) is 0 Å². The van der Waals surface area contributed by atoms with Gasteiger partial charge in [0.05, 0.1) is 22.3 Å². The molecule has 1 N–H and O–H groups in total. The summed E-state index contributed by atoms with van der Waals surface area (Å²) in [6.45, 7) is 4.15. The summed E-state index contributed by atoms with van der Waals surface area (Å²) in [5.41, 5.74) is 2.51. The maximum Gasteiger partial charge on any atom is 0.143 e. The van der Waals surface area contributed by atoms with Crippen molar-refractivity contribution in [1.82, 2.24) is 14.5 Å². The molecular weight excluding hydrogens is 274 g/mol. The van der Waals surface area contributed by atoms with Gasteiger partial charge in [-0.25, -0.2) is 4.98 Å². The first-order valence-electron chi connectivity index (χ1n) is 6.39. The third-order valence-corrected chi connectivity index (χ3v) is 3.46. The van der Waals surface area contributed by atoms with Crippen molar-refractivity contribution in [3.8, 4) is 17.1 Å². The van der Waals surface area contributed by atoms with Crippen LogP contribution in [0, 0.1) is 0 Å². The van der Waals surface area contributed by atoms with Gasteiger partial charge in [-0.15, -0.1) is 0 Å². The van der Waals surface area contributed by atoms with Crippen molar-refractivity contribution in [2.24, 2.45) is 0 Å². The average molecular weight is 288 g/mol. The van der Waals surface area contributed by atoms with Crippen molar-refractivity contribution in [2.75, 3.05) is 0 Å². The van der Waals surface area contributed by atoms with Crippen molar-refractivity contribution in [1.29, 1.82) is 0 Å². The first kappa shape index (κ1) is 12.9. The zero-order chi connectivity index (χ0) is 14.3.